The van der Waals surface area contributed by atoms with Crippen molar-refractivity contribution in [2.75, 3.05) is 31.5 Å². The fourth-order valence-electron chi connectivity index (χ4n) is 2.65. The lowest BCUT2D eigenvalue weighted by Gasteiger charge is -2.20. The molecule has 1 aliphatic heterocycles. The third kappa shape index (κ3) is 6.61. The number of nitrogens with one attached hydrogen (secondary N) is 3. The van der Waals surface area contributed by atoms with E-state index in [1.54, 1.807) is 0 Å². The first-order valence-electron chi connectivity index (χ1n) is 9.12. The van der Waals surface area contributed by atoms with E-state index in [0.29, 0.717) is 18.6 Å². The minimum absolute atomic E-state index is 0.212. The lowest BCUT2D eigenvalue weighted by molar-refractivity contribution is -0.136. The van der Waals surface area contributed by atoms with Crippen molar-refractivity contribution in [2.24, 2.45) is 0 Å². The van der Waals surface area contributed by atoms with Gasteiger partial charge in [-0.15, -0.1) is 0 Å². The van der Waals surface area contributed by atoms with Gasteiger partial charge in [0.1, 0.15) is 0 Å². The van der Waals surface area contributed by atoms with Gasteiger partial charge in [-0.2, -0.15) is 0 Å². The molecule has 2 atom stereocenters. The van der Waals surface area contributed by atoms with E-state index in [2.05, 4.69) is 36.7 Å². The summed E-state index contributed by atoms with van der Waals surface area (Å²) >= 11 is 0. The van der Waals surface area contributed by atoms with Gasteiger partial charge in [-0.05, 0) is 51.4 Å². The van der Waals surface area contributed by atoms with Crippen LogP contribution in [0, 0.1) is 6.92 Å². The molecule has 0 spiro atoms. The second-order valence-electron chi connectivity index (χ2n) is 6.76. The van der Waals surface area contributed by atoms with E-state index in [4.69, 9.17) is 0 Å². The van der Waals surface area contributed by atoms with Crippen LogP contribution in [-0.4, -0.2) is 55.0 Å². The number of anilines is 1. The van der Waals surface area contributed by atoms with Gasteiger partial charge in [-0.1, -0.05) is 12.1 Å². The zero-order chi connectivity index (χ0) is 18.9. The molecule has 1 radical (unpaired) electrons. The van der Waals surface area contributed by atoms with E-state index in [-0.39, 0.29) is 11.8 Å². The van der Waals surface area contributed by atoms with E-state index >= 15 is 0 Å². The largest absolute Gasteiger partial charge is 0.383 e. The summed E-state index contributed by atoms with van der Waals surface area (Å²) < 4.78 is 0. The van der Waals surface area contributed by atoms with Crippen LogP contribution in [0.3, 0.4) is 0 Å². The summed E-state index contributed by atoms with van der Waals surface area (Å²) in [4.78, 5) is 24.2. The first-order valence-corrected chi connectivity index (χ1v) is 9.12. The Balaban J connectivity index is 1.53. The number of nitrogens with zero attached hydrogens (tertiary/aromatic N) is 1. The number of carbonyl (C=O) groups excluding carboxylic acids is 2. The summed E-state index contributed by atoms with van der Waals surface area (Å²) in [5.74, 6) is -0.424. The van der Waals surface area contributed by atoms with E-state index in [1.807, 2.05) is 24.3 Å². The fraction of sp³-hybridized carbons (Fsp3) is 0.450. The van der Waals surface area contributed by atoms with Gasteiger partial charge in [-0.25, -0.2) is 0 Å². The monoisotopic (exact) mass is 357 g/mol. The molecule has 0 bridgehead atoms. The van der Waals surface area contributed by atoms with Crippen LogP contribution in [0.25, 0.3) is 0 Å². The van der Waals surface area contributed by atoms with Crippen LogP contribution < -0.4 is 16.0 Å². The van der Waals surface area contributed by atoms with Crippen molar-refractivity contribution < 1.29 is 9.59 Å². The van der Waals surface area contributed by atoms with Gasteiger partial charge in [0, 0.05) is 49.6 Å². The summed E-state index contributed by atoms with van der Waals surface area (Å²) in [6.45, 7) is 11.1. The maximum absolute atomic E-state index is 11.4. The Morgan fingerprint density at radius 3 is 2.23 bits per heavy atom. The smallest absolute Gasteiger partial charge is 0.253 e. The van der Waals surface area contributed by atoms with E-state index in [1.165, 1.54) is 17.1 Å². The van der Waals surface area contributed by atoms with Crippen molar-refractivity contribution in [3.8, 4) is 0 Å². The number of carbonyl (C=O) groups is 2. The first-order chi connectivity index (χ1) is 12.5. The van der Waals surface area contributed by atoms with Gasteiger partial charge < -0.3 is 16.0 Å². The predicted octanol–water partition coefficient (Wildman–Crippen LogP) is 1.55. The summed E-state index contributed by atoms with van der Waals surface area (Å²) in [6.07, 6.45) is 3.40. The van der Waals surface area contributed by atoms with Gasteiger partial charge >= 0.3 is 0 Å². The van der Waals surface area contributed by atoms with Crippen LogP contribution in [0.1, 0.15) is 25.8 Å². The summed E-state index contributed by atoms with van der Waals surface area (Å²) in [5, 5.41) is 10.3. The van der Waals surface area contributed by atoms with Crippen LogP contribution >= 0.6 is 0 Å². The molecule has 6 heteroatoms. The normalized spacial score (nSPS) is 16.2. The van der Waals surface area contributed by atoms with Crippen LogP contribution in [0.15, 0.2) is 36.4 Å². The molecule has 0 aromatic heterocycles. The third-order valence-corrected chi connectivity index (χ3v) is 4.29. The molecule has 1 heterocycles. The van der Waals surface area contributed by atoms with Crippen molar-refractivity contribution in [3.63, 3.8) is 0 Å². The molecule has 0 unspecified atom stereocenters. The zero-order valence-corrected chi connectivity index (χ0v) is 15.6. The molecule has 3 N–H and O–H groups in total. The van der Waals surface area contributed by atoms with Crippen molar-refractivity contribution in [1.29, 1.82) is 0 Å². The minimum atomic E-state index is -0.212. The van der Waals surface area contributed by atoms with Crippen LogP contribution in [-0.2, 0) is 9.59 Å². The van der Waals surface area contributed by atoms with Crippen LogP contribution in [0.4, 0.5) is 5.69 Å². The van der Waals surface area contributed by atoms with Crippen molar-refractivity contribution >= 4 is 17.5 Å². The number of rotatable bonds is 11. The van der Waals surface area contributed by atoms with Gasteiger partial charge in [0.15, 0.2) is 0 Å². The van der Waals surface area contributed by atoms with Gasteiger partial charge in [0.25, 0.3) is 11.8 Å². The highest BCUT2D eigenvalue weighted by Gasteiger charge is 2.22. The molecule has 141 valence electrons. The van der Waals surface area contributed by atoms with E-state index < -0.39 is 0 Å². The third-order valence-electron chi connectivity index (χ3n) is 4.29. The Bertz CT molecular complexity index is 609. The predicted molar refractivity (Wildman–Crippen MR) is 105 cm³/mol. The fourth-order valence-corrected chi connectivity index (χ4v) is 2.65. The number of benzene rings is 1. The Hall–Kier alpha value is -2.18. The maximum Gasteiger partial charge on any atom is 0.253 e. The topological polar surface area (TPSA) is 73.5 Å². The number of imide groups is 1. The molecular weight excluding hydrogens is 328 g/mol. The maximum atomic E-state index is 11.4. The highest BCUT2D eigenvalue weighted by Crippen LogP contribution is 2.08. The van der Waals surface area contributed by atoms with Crippen LogP contribution in [0.5, 0.6) is 0 Å². The molecule has 2 rings (SSSR count). The molecule has 2 amide bonds. The second kappa shape index (κ2) is 10.1. The zero-order valence-electron chi connectivity index (χ0n) is 15.6. The molecule has 0 saturated carbocycles. The van der Waals surface area contributed by atoms with Gasteiger partial charge in [0.2, 0.25) is 0 Å². The van der Waals surface area contributed by atoms with E-state index in [9.17, 15) is 9.59 Å². The molecule has 1 aliphatic rings. The summed E-state index contributed by atoms with van der Waals surface area (Å²) in [7, 11) is 0. The Labute approximate surface area is 156 Å². The Morgan fingerprint density at radius 1 is 0.962 bits per heavy atom. The molecular formula is C20H29N4O2. The highest BCUT2D eigenvalue weighted by atomic mass is 16.2. The molecule has 26 heavy (non-hydrogen) atoms. The number of amides is 2. The summed E-state index contributed by atoms with van der Waals surface area (Å²) in [6, 6.07) is 8.70. The minimum Gasteiger partial charge on any atom is -0.383 e. The molecule has 1 aromatic rings. The molecule has 6 nitrogen and oxygen atoms in total. The molecule has 1 aromatic carbocycles. The number of hydrogen-bond acceptors (Lipinski definition) is 5. The quantitative estimate of drug-likeness (QED) is 0.414. The lowest BCUT2D eigenvalue weighted by atomic mass is 10.2. The lowest BCUT2D eigenvalue weighted by Crippen LogP contribution is -2.43. The average molecular weight is 357 g/mol. The Kier molecular flexibility index (Phi) is 7.81. The first kappa shape index (κ1) is 20.1. The van der Waals surface area contributed by atoms with Gasteiger partial charge in [-0.3, -0.25) is 14.5 Å². The van der Waals surface area contributed by atoms with Crippen molar-refractivity contribution in [2.45, 2.75) is 32.4 Å². The van der Waals surface area contributed by atoms with Crippen molar-refractivity contribution in [3.05, 3.63) is 48.9 Å². The standard InChI is InChI=1S/C20H29N4O2/c1-15-5-7-18(8-6-15)23-14-17(3)22-13-16(2)21-11-4-12-24-19(25)9-10-20(24)26/h5-10,16-17,21-23H,1,4,11-14H2,2-3H3/t16-,17-/m0/s1. The molecule has 0 aliphatic carbocycles. The second-order valence-corrected chi connectivity index (χ2v) is 6.76. The van der Waals surface area contributed by atoms with Crippen LogP contribution in [0.2, 0.25) is 0 Å². The Morgan fingerprint density at radius 2 is 1.58 bits per heavy atom. The molecule has 0 saturated heterocycles. The van der Waals surface area contributed by atoms with E-state index in [0.717, 1.165) is 37.3 Å². The molecule has 0 fully saturated rings. The SMILES string of the molecule is [CH2]c1ccc(NC[C@H](C)NC[C@H](C)NCCCN2C(=O)C=CC2=O)cc1. The highest BCUT2D eigenvalue weighted by molar-refractivity contribution is 6.12. The number of hydrogen-bond donors (Lipinski definition) is 3. The van der Waals surface area contributed by atoms with Crippen molar-refractivity contribution in [1.82, 2.24) is 15.5 Å². The average Bonchev–Trinajstić information content (AvgIpc) is 2.94. The van der Waals surface area contributed by atoms with Gasteiger partial charge in [0.05, 0.1) is 0 Å². The summed E-state index contributed by atoms with van der Waals surface area (Å²) in [5.41, 5.74) is 2.11.